The third kappa shape index (κ3) is 2.78. The number of benzene rings is 2. The molecular weight excluding hydrogens is 348 g/mol. The zero-order chi connectivity index (χ0) is 18.6. The van der Waals surface area contributed by atoms with E-state index in [1.807, 2.05) is 63.2 Å². The number of hydrogen-bond donors (Lipinski definition) is 0. The Kier molecular flexibility index (Phi) is 3.84. The minimum atomic E-state index is -3.17. The van der Waals surface area contributed by atoms with E-state index in [9.17, 15) is 13.2 Å². The molecule has 0 spiro atoms. The molecule has 2 aliphatic rings. The van der Waals surface area contributed by atoms with E-state index in [1.165, 1.54) is 0 Å². The van der Waals surface area contributed by atoms with Gasteiger partial charge in [0, 0.05) is 11.4 Å². The summed E-state index contributed by atoms with van der Waals surface area (Å²) < 4.78 is 24.7. The monoisotopic (exact) mass is 370 g/mol. The first-order chi connectivity index (χ1) is 12.2. The molecule has 2 heterocycles. The van der Waals surface area contributed by atoms with Crippen molar-refractivity contribution in [3.05, 3.63) is 59.2 Å². The van der Waals surface area contributed by atoms with Gasteiger partial charge in [-0.05, 0) is 56.2 Å². The third-order valence-electron chi connectivity index (χ3n) is 5.17. The van der Waals surface area contributed by atoms with Crippen molar-refractivity contribution in [1.29, 1.82) is 0 Å². The molecule has 0 saturated carbocycles. The lowest BCUT2D eigenvalue weighted by Crippen LogP contribution is -2.38. The topological polar surface area (TPSA) is 57.7 Å². The van der Waals surface area contributed by atoms with E-state index in [-0.39, 0.29) is 29.6 Å². The summed E-state index contributed by atoms with van der Waals surface area (Å²) in [5, 5.41) is 0. The molecule has 2 aromatic carbocycles. The second kappa shape index (κ2) is 5.84. The van der Waals surface area contributed by atoms with Gasteiger partial charge in [-0.3, -0.25) is 9.80 Å². The highest BCUT2D eigenvalue weighted by molar-refractivity contribution is 7.91. The van der Waals surface area contributed by atoms with Crippen LogP contribution in [0.15, 0.2) is 42.5 Å². The Morgan fingerprint density at radius 1 is 0.769 bits per heavy atom. The van der Waals surface area contributed by atoms with Gasteiger partial charge in [-0.25, -0.2) is 13.2 Å². The molecule has 0 aliphatic carbocycles. The average Bonchev–Trinajstić information content (AvgIpc) is 2.96. The zero-order valence-corrected chi connectivity index (χ0v) is 16.0. The van der Waals surface area contributed by atoms with Gasteiger partial charge in [0.05, 0.1) is 23.6 Å². The van der Waals surface area contributed by atoms with Crippen LogP contribution in [0.1, 0.15) is 16.7 Å². The summed E-state index contributed by atoms with van der Waals surface area (Å²) in [6.45, 7) is 5.95. The van der Waals surface area contributed by atoms with Gasteiger partial charge in [-0.2, -0.15) is 0 Å². The van der Waals surface area contributed by atoms with Crippen LogP contribution in [0.25, 0.3) is 0 Å². The summed E-state index contributed by atoms with van der Waals surface area (Å²) in [4.78, 5) is 16.6. The van der Waals surface area contributed by atoms with E-state index in [4.69, 9.17) is 0 Å². The standard InChI is InChI=1S/C20H22N2O3S/c1-13-4-6-16(7-5-13)21-18-11-26(24,25)12-19(18)22(20(21)23)17-9-14(2)8-15(3)10-17/h4-10,18-19H,11-12H2,1-3H3/t18-,19+/m1/s1. The van der Waals surface area contributed by atoms with Gasteiger partial charge >= 0.3 is 6.03 Å². The number of carbonyl (C=O) groups is 1. The van der Waals surface area contributed by atoms with Crippen LogP contribution < -0.4 is 9.80 Å². The SMILES string of the molecule is Cc1ccc(N2C(=O)N(c3cc(C)cc(C)c3)[C@H]3CS(=O)(=O)C[C@H]32)cc1. The number of hydrogen-bond acceptors (Lipinski definition) is 3. The van der Waals surface area contributed by atoms with Crippen molar-refractivity contribution in [2.24, 2.45) is 0 Å². The van der Waals surface area contributed by atoms with Crippen LogP contribution in [0.5, 0.6) is 0 Å². The predicted octanol–water partition coefficient (Wildman–Crippen LogP) is 3.22. The van der Waals surface area contributed by atoms with Crippen LogP contribution in [-0.4, -0.2) is 38.0 Å². The van der Waals surface area contributed by atoms with E-state index in [0.717, 1.165) is 28.1 Å². The van der Waals surface area contributed by atoms with Gasteiger partial charge in [0.2, 0.25) is 0 Å². The Morgan fingerprint density at radius 3 is 1.81 bits per heavy atom. The highest BCUT2D eigenvalue weighted by atomic mass is 32.2. The van der Waals surface area contributed by atoms with Gasteiger partial charge in [-0.1, -0.05) is 23.8 Å². The van der Waals surface area contributed by atoms with Crippen molar-refractivity contribution < 1.29 is 13.2 Å². The van der Waals surface area contributed by atoms with Crippen LogP contribution in [0.3, 0.4) is 0 Å². The van der Waals surface area contributed by atoms with E-state index in [2.05, 4.69) is 0 Å². The Morgan fingerprint density at radius 2 is 1.27 bits per heavy atom. The van der Waals surface area contributed by atoms with E-state index in [1.54, 1.807) is 9.80 Å². The second-order valence-electron chi connectivity index (χ2n) is 7.42. The molecule has 0 aromatic heterocycles. The first kappa shape index (κ1) is 17.1. The van der Waals surface area contributed by atoms with Crippen molar-refractivity contribution in [2.75, 3.05) is 21.3 Å². The maximum absolute atomic E-state index is 13.3. The van der Waals surface area contributed by atoms with Crippen molar-refractivity contribution >= 4 is 27.2 Å². The Hall–Kier alpha value is -2.34. The zero-order valence-electron chi connectivity index (χ0n) is 15.1. The highest BCUT2D eigenvalue weighted by Gasteiger charge is 2.54. The molecule has 4 rings (SSSR count). The normalized spacial score (nSPS) is 24.2. The molecule has 2 atom stereocenters. The van der Waals surface area contributed by atoms with E-state index in [0.29, 0.717) is 0 Å². The van der Waals surface area contributed by atoms with Gasteiger partial charge in [0.15, 0.2) is 9.84 Å². The molecule has 6 heteroatoms. The number of carbonyl (C=O) groups excluding carboxylic acids is 1. The minimum Gasteiger partial charge on any atom is -0.288 e. The van der Waals surface area contributed by atoms with Crippen molar-refractivity contribution in [1.82, 2.24) is 0 Å². The molecule has 5 nitrogen and oxygen atoms in total. The third-order valence-corrected chi connectivity index (χ3v) is 6.86. The smallest absolute Gasteiger partial charge is 0.288 e. The van der Waals surface area contributed by atoms with E-state index >= 15 is 0 Å². The van der Waals surface area contributed by atoms with Gasteiger partial charge in [0.1, 0.15) is 0 Å². The van der Waals surface area contributed by atoms with Crippen LogP contribution in [0.2, 0.25) is 0 Å². The molecule has 2 saturated heterocycles. The summed E-state index contributed by atoms with van der Waals surface area (Å²) in [6, 6.07) is 12.8. The molecule has 0 radical (unpaired) electrons. The van der Waals surface area contributed by atoms with Crippen LogP contribution in [-0.2, 0) is 9.84 Å². The Bertz CT molecular complexity index is 962. The minimum absolute atomic E-state index is 0.0125. The predicted molar refractivity (Wildman–Crippen MR) is 104 cm³/mol. The Labute approximate surface area is 154 Å². The van der Waals surface area contributed by atoms with Crippen LogP contribution >= 0.6 is 0 Å². The fourth-order valence-electron chi connectivity index (χ4n) is 4.10. The Balaban J connectivity index is 1.82. The number of aryl methyl sites for hydroxylation is 3. The maximum atomic E-state index is 13.3. The molecule has 2 fully saturated rings. The number of rotatable bonds is 2. The van der Waals surface area contributed by atoms with Gasteiger partial charge in [-0.15, -0.1) is 0 Å². The largest absolute Gasteiger partial charge is 0.329 e. The number of fused-ring (bicyclic) bond motifs is 1. The first-order valence-corrected chi connectivity index (χ1v) is 10.6. The lowest BCUT2D eigenvalue weighted by molar-refractivity contribution is 0.255. The molecule has 136 valence electrons. The molecule has 26 heavy (non-hydrogen) atoms. The highest BCUT2D eigenvalue weighted by Crippen LogP contribution is 2.38. The van der Waals surface area contributed by atoms with Crippen molar-refractivity contribution in [3.8, 4) is 0 Å². The number of urea groups is 1. The van der Waals surface area contributed by atoms with E-state index < -0.39 is 9.84 Å². The molecule has 2 aliphatic heterocycles. The average molecular weight is 370 g/mol. The summed E-state index contributed by atoms with van der Waals surface area (Å²) in [5.74, 6) is 0.0251. The molecule has 0 bridgehead atoms. The second-order valence-corrected chi connectivity index (χ2v) is 9.57. The van der Waals surface area contributed by atoms with Crippen LogP contribution in [0, 0.1) is 20.8 Å². The van der Waals surface area contributed by atoms with Gasteiger partial charge in [0.25, 0.3) is 0 Å². The molecule has 0 N–H and O–H groups in total. The summed E-state index contributed by atoms with van der Waals surface area (Å²) in [5.41, 5.74) is 4.73. The lowest BCUT2D eigenvalue weighted by Gasteiger charge is -2.23. The summed E-state index contributed by atoms with van der Waals surface area (Å²) in [6.07, 6.45) is 0. The summed E-state index contributed by atoms with van der Waals surface area (Å²) >= 11 is 0. The molecule has 0 unspecified atom stereocenters. The number of anilines is 2. The number of nitrogens with zero attached hydrogens (tertiary/aromatic N) is 2. The fraction of sp³-hybridized carbons (Fsp3) is 0.350. The van der Waals surface area contributed by atoms with Crippen molar-refractivity contribution in [2.45, 2.75) is 32.9 Å². The maximum Gasteiger partial charge on any atom is 0.329 e. The van der Waals surface area contributed by atoms with Crippen LogP contribution in [0.4, 0.5) is 16.2 Å². The van der Waals surface area contributed by atoms with Crippen molar-refractivity contribution in [3.63, 3.8) is 0 Å². The number of sulfone groups is 1. The molecule has 2 aromatic rings. The summed E-state index contributed by atoms with van der Waals surface area (Å²) in [7, 11) is -3.17. The first-order valence-electron chi connectivity index (χ1n) is 8.73. The number of amides is 2. The molecule has 2 amide bonds. The van der Waals surface area contributed by atoms with Gasteiger partial charge < -0.3 is 0 Å². The lowest BCUT2D eigenvalue weighted by atomic mass is 10.1. The quantitative estimate of drug-likeness (QED) is 0.763. The fourth-order valence-corrected chi connectivity index (χ4v) is 6.02. The molecular formula is C20H22N2O3S.